The summed E-state index contributed by atoms with van der Waals surface area (Å²) in [5, 5.41) is 0. The molecule has 0 amide bonds. The van der Waals surface area contributed by atoms with Crippen molar-refractivity contribution < 1.29 is 22.1 Å². The number of rotatable bonds is 5. The number of hydrogen-bond donors (Lipinski definition) is 0. The summed E-state index contributed by atoms with van der Waals surface area (Å²) < 4.78 is 39.8. The van der Waals surface area contributed by atoms with Crippen LogP contribution in [0, 0.1) is 6.92 Å². The molecule has 1 saturated heterocycles. The van der Waals surface area contributed by atoms with Gasteiger partial charge in [0.15, 0.2) is 0 Å². The van der Waals surface area contributed by atoms with Crippen molar-refractivity contribution in [3.8, 4) is 0 Å². The van der Waals surface area contributed by atoms with Crippen molar-refractivity contribution in [3.63, 3.8) is 0 Å². The molecule has 20 heavy (non-hydrogen) atoms. The molecule has 6 heteroatoms. The Hall–Kier alpha value is -1.21. The van der Waals surface area contributed by atoms with Crippen molar-refractivity contribution >= 4 is 10.1 Å². The summed E-state index contributed by atoms with van der Waals surface area (Å²) in [6.45, 7) is 6.10. The smallest absolute Gasteiger partial charge is 0.297 e. The highest BCUT2D eigenvalue weighted by atomic mass is 32.2. The molecule has 1 fully saturated rings. The van der Waals surface area contributed by atoms with Gasteiger partial charge in [-0.2, -0.15) is 8.42 Å². The first-order valence-electron chi connectivity index (χ1n) is 6.33. The van der Waals surface area contributed by atoms with E-state index in [1.165, 1.54) is 12.1 Å². The molecular weight excluding hydrogens is 280 g/mol. The molecule has 2 atom stereocenters. The zero-order chi connectivity index (χ0) is 14.6. The van der Waals surface area contributed by atoms with Crippen LogP contribution in [0.1, 0.15) is 5.56 Å². The molecule has 1 aliphatic rings. The Morgan fingerprint density at radius 1 is 1.30 bits per heavy atom. The molecule has 0 saturated carbocycles. The summed E-state index contributed by atoms with van der Waals surface area (Å²) in [6, 6.07) is 6.50. The molecule has 2 rings (SSSR count). The van der Waals surface area contributed by atoms with E-state index in [-0.39, 0.29) is 23.7 Å². The minimum Gasteiger partial charge on any atom is -0.370 e. The molecule has 1 aromatic carbocycles. The maximum absolute atomic E-state index is 12.0. The standard InChI is InChI=1S/C14H18O5S/c1-3-12-8-18-13(9-17-12)10-19-20(15,16)14-6-4-11(2)5-7-14/h3-7,12-13H,1,8-10H2,2H3/t12-,13?/m0/s1. The van der Waals surface area contributed by atoms with Crippen LogP contribution in [0.3, 0.4) is 0 Å². The van der Waals surface area contributed by atoms with Crippen LogP contribution in [-0.4, -0.2) is 40.4 Å². The second kappa shape index (κ2) is 6.49. The third-order valence-electron chi connectivity index (χ3n) is 2.97. The van der Waals surface area contributed by atoms with Gasteiger partial charge in [0.2, 0.25) is 0 Å². The highest BCUT2D eigenvalue weighted by molar-refractivity contribution is 7.86. The lowest BCUT2D eigenvalue weighted by atomic mass is 10.2. The van der Waals surface area contributed by atoms with Gasteiger partial charge >= 0.3 is 0 Å². The van der Waals surface area contributed by atoms with E-state index in [0.717, 1.165) is 5.56 Å². The maximum Gasteiger partial charge on any atom is 0.297 e. The van der Waals surface area contributed by atoms with Crippen molar-refractivity contribution in [1.82, 2.24) is 0 Å². The topological polar surface area (TPSA) is 61.8 Å². The summed E-state index contributed by atoms with van der Waals surface area (Å²) in [7, 11) is -3.75. The quantitative estimate of drug-likeness (QED) is 0.611. The van der Waals surface area contributed by atoms with Gasteiger partial charge in [-0.15, -0.1) is 6.58 Å². The number of aryl methyl sites for hydroxylation is 1. The van der Waals surface area contributed by atoms with E-state index < -0.39 is 10.1 Å². The van der Waals surface area contributed by atoms with Crippen LogP contribution in [0.2, 0.25) is 0 Å². The molecule has 0 aromatic heterocycles. The number of benzene rings is 1. The zero-order valence-corrected chi connectivity index (χ0v) is 12.1. The van der Waals surface area contributed by atoms with E-state index in [9.17, 15) is 8.42 Å². The predicted molar refractivity (Wildman–Crippen MR) is 74.0 cm³/mol. The largest absolute Gasteiger partial charge is 0.370 e. The van der Waals surface area contributed by atoms with Crippen LogP contribution >= 0.6 is 0 Å². The average molecular weight is 298 g/mol. The number of hydrogen-bond acceptors (Lipinski definition) is 5. The Labute approximate surface area is 119 Å². The molecule has 0 bridgehead atoms. The van der Waals surface area contributed by atoms with Gasteiger partial charge in [-0.1, -0.05) is 23.8 Å². The molecule has 1 aromatic rings. The van der Waals surface area contributed by atoms with E-state index >= 15 is 0 Å². The molecule has 1 aliphatic heterocycles. The lowest BCUT2D eigenvalue weighted by Crippen LogP contribution is -2.37. The highest BCUT2D eigenvalue weighted by Gasteiger charge is 2.23. The third kappa shape index (κ3) is 3.89. The summed E-state index contributed by atoms with van der Waals surface area (Å²) >= 11 is 0. The number of ether oxygens (including phenoxy) is 2. The lowest BCUT2D eigenvalue weighted by Gasteiger charge is -2.27. The van der Waals surface area contributed by atoms with Crippen LogP contribution < -0.4 is 0 Å². The van der Waals surface area contributed by atoms with E-state index in [0.29, 0.717) is 13.2 Å². The Morgan fingerprint density at radius 2 is 2.00 bits per heavy atom. The Morgan fingerprint density at radius 3 is 2.55 bits per heavy atom. The van der Waals surface area contributed by atoms with E-state index in [1.807, 2.05) is 6.92 Å². The molecule has 5 nitrogen and oxygen atoms in total. The Kier molecular flexibility index (Phi) is 4.93. The van der Waals surface area contributed by atoms with E-state index in [2.05, 4.69) is 6.58 Å². The molecule has 1 unspecified atom stereocenters. The van der Waals surface area contributed by atoms with Crippen molar-refractivity contribution in [1.29, 1.82) is 0 Å². The predicted octanol–water partition coefficient (Wildman–Crippen LogP) is 1.67. The first kappa shape index (κ1) is 15.2. The Balaban J connectivity index is 1.90. The fourth-order valence-corrected chi connectivity index (χ4v) is 2.67. The fraction of sp³-hybridized carbons (Fsp3) is 0.429. The molecule has 0 aliphatic carbocycles. The second-order valence-corrected chi connectivity index (χ2v) is 6.23. The van der Waals surface area contributed by atoms with Gasteiger partial charge in [0.05, 0.1) is 30.8 Å². The molecule has 0 radical (unpaired) electrons. The lowest BCUT2D eigenvalue weighted by molar-refractivity contribution is -0.126. The highest BCUT2D eigenvalue weighted by Crippen LogP contribution is 2.15. The van der Waals surface area contributed by atoms with Crippen LogP contribution in [-0.2, 0) is 23.8 Å². The zero-order valence-electron chi connectivity index (χ0n) is 11.3. The summed E-state index contributed by atoms with van der Waals surface area (Å²) in [4.78, 5) is 0.142. The van der Waals surface area contributed by atoms with Crippen LogP contribution in [0.4, 0.5) is 0 Å². The molecular formula is C14H18O5S. The van der Waals surface area contributed by atoms with Gasteiger partial charge in [0.25, 0.3) is 10.1 Å². The minimum absolute atomic E-state index is 0.0555. The van der Waals surface area contributed by atoms with Gasteiger partial charge < -0.3 is 9.47 Å². The van der Waals surface area contributed by atoms with E-state index in [4.69, 9.17) is 13.7 Å². The summed E-state index contributed by atoms with van der Waals surface area (Å²) in [5.41, 5.74) is 0.989. The molecule has 1 heterocycles. The van der Waals surface area contributed by atoms with Gasteiger partial charge in [0, 0.05) is 0 Å². The minimum atomic E-state index is -3.75. The SMILES string of the molecule is C=C[C@H]1COC(COS(=O)(=O)c2ccc(C)cc2)CO1. The van der Waals surface area contributed by atoms with Crippen molar-refractivity contribution in [2.45, 2.75) is 24.0 Å². The second-order valence-electron chi connectivity index (χ2n) is 4.61. The van der Waals surface area contributed by atoms with Gasteiger partial charge in [-0.25, -0.2) is 0 Å². The molecule has 110 valence electrons. The Bertz CT molecular complexity index is 541. The van der Waals surface area contributed by atoms with Gasteiger partial charge in [0.1, 0.15) is 6.10 Å². The van der Waals surface area contributed by atoms with Crippen molar-refractivity contribution in [2.24, 2.45) is 0 Å². The van der Waals surface area contributed by atoms with Crippen molar-refractivity contribution in [3.05, 3.63) is 42.5 Å². The fourth-order valence-electron chi connectivity index (χ4n) is 1.73. The van der Waals surface area contributed by atoms with E-state index in [1.54, 1.807) is 18.2 Å². The van der Waals surface area contributed by atoms with Gasteiger partial charge in [-0.05, 0) is 19.1 Å². The third-order valence-corrected chi connectivity index (χ3v) is 4.27. The van der Waals surface area contributed by atoms with Crippen LogP contribution in [0.15, 0.2) is 41.8 Å². The van der Waals surface area contributed by atoms with Crippen molar-refractivity contribution in [2.75, 3.05) is 19.8 Å². The normalized spacial score (nSPS) is 23.4. The summed E-state index contributed by atoms with van der Waals surface area (Å²) in [6.07, 6.45) is 1.13. The molecule has 0 spiro atoms. The monoisotopic (exact) mass is 298 g/mol. The first-order valence-corrected chi connectivity index (χ1v) is 7.74. The first-order chi connectivity index (χ1) is 9.51. The molecule has 0 N–H and O–H groups in total. The van der Waals surface area contributed by atoms with Gasteiger partial charge in [-0.3, -0.25) is 4.18 Å². The summed E-state index contributed by atoms with van der Waals surface area (Å²) in [5.74, 6) is 0. The van der Waals surface area contributed by atoms with Crippen LogP contribution in [0.5, 0.6) is 0 Å². The maximum atomic E-state index is 12.0. The van der Waals surface area contributed by atoms with Crippen LogP contribution in [0.25, 0.3) is 0 Å². The average Bonchev–Trinajstić information content (AvgIpc) is 2.46.